The van der Waals surface area contributed by atoms with E-state index in [4.69, 9.17) is 0 Å². The Morgan fingerprint density at radius 3 is 2.40 bits per heavy atom. The summed E-state index contributed by atoms with van der Waals surface area (Å²) >= 11 is 0. The lowest BCUT2D eigenvalue weighted by molar-refractivity contribution is 0.752. The lowest BCUT2D eigenvalue weighted by Crippen LogP contribution is -1.88. The second-order valence-electron chi connectivity index (χ2n) is 2.90. The van der Waals surface area contributed by atoms with Crippen LogP contribution >= 0.6 is 21.6 Å². The van der Waals surface area contributed by atoms with Crippen LogP contribution in [0.15, 0.2) is 12.2 Å². The van der Waals surface area contributed by atoms with Gasteiger partial charge in [-0.3, -0.25) is 0 Å². The van der Waals surface area contributed by atoms with Gasteiger partial charge in [0.2, 0.25) is 0 Å². The molecule has 2 heteroatoms. The molecule has 0 aromatic carbocycles. The fraction of sp³-hybridized carbons (Fsp3) is 0.750. The smallest absolute Gasteiger partial charge is 0.0242 e. The minimum absolute atomic E-state index is 0.808. The van der Waals surface area contributed by atoms with Crippen LogP contribution in [0.25, 0.3) is 0 Å². The Morgan fingerprint density at radius 2 is 2.00 bits per heavy atom. The van der Waals surface area contributed by atoms with Crippen LogP contribution in [0.1, 0.15) is 20.8 Å². The van der Waals surface area contributed by atoms with E-state index < -0.39 is 0 Å². The zero-order valence-corrected chi connectivity index (χ0v) is 8.65. The lowest BCUT2D eigenvalue weighted by atomic mass is 10.3. The molecule has 0 aliphatic rings. The van der Waals surface area contributed by atoms with E-state index in [0.29, 0.717) is 0 Å². The maximum Gasteiger partial charge on any atom is 0.0242 e. The highest BCUT2D eigenvalue weighted by molar-refractivity contribution is 8.76. The van der Waals surface area contributed by atoms with Gasteiger partial charge in [-0.05, 0) is 12.8 Å². The number of rotatable bonds is 5. The molecule has 0 aromatic heterocycles. The summed E-state index contributed by atoms with van der Waals surface area (Å²) in [6.45, 7) is 10.4. The fourth-order valence-corrected chi connectivity index (χ4v) is 2.94. The zero-order chi connectivity index (χ0) is 7.98. The third-order valence-electron chi connectivity index (χ3n) is 0.790. The Morgan fingerprint density at radius 1 is 1.40 bits per heavy atom. The Balaban J connectivity index is 2.98. The van der Waals surface area contributed by atoms with Crippen LogP contribution in [0.4, 0.5) is 0 Å². The van der Waals surface area contributed by atoms with Gasteiger partial charge in [-0.25, -0.2) is 0 Å². The molecule has 0 radical (unpaired) electrons. The van der Waals surface area contributed by atoms with Crippen molar-refractivity contribution in [3.63, 3.8) is 0 Å². The molecular weight excluding hydrogens is 160 g/mol. The average molecular weight is 176 g/mol. The van der Waals surface area contributed by atoms with Crippen molar-refractivity contribution in [3.8, 4) is 0 Å². The average Bonchev–Trinajstić information content (AvgIpc) is 1.79. The van der Waals surface area contributed by atoms with Gasteiger partial charge in [0.15, 0.2) is 0 Å². The highest BCUT2D eigenvalue weighted by atomic mass is 33.1. The monoisotopic (exact) mass is 176 g/mol. The molecule has 0 aliphatic carbocycles. The van der Waals surface area contributed by atoms with Gasteiger partial charge in [-0.15, -0.1) is 0 Å². The first-order chi connectivity index (χ1) is 4.63. The Bertz CT molecular complexity index is 97.4. The van der Waals surface area contributed by atoms with E-state index in [2.05, 4.69) is 27.4 Å². The summed E-state index contributed by atoms with van der Waals surface area (Å²) < 4.78 is 0. The third-order valence-corrected chi connectivity index (χ3v) is 3.63. The van der Waals surface area contributed by atoms with Crippen LogP contribution in [-0.4, -0.2) is 11.5 Å². The molecule has 0 bridgehead atoms. The van der Waals surface area contributed by atoms with E-state index in [1.54, 1.807) is 0 Å². The third kappa shape index (κ3) is 8.44. The van der Waals surface area contributed by atoms with Crippen molar-refractivity contribution in [3.05, 3.63) is 12.2 Å². The fourth-order valence-electron chi connectivity index (χ4n) is 0.326. The first-order valence-electron chi connectivity index (χ1n) is 3.51. The predicted molar refractivity (Wildman–Crippen MR) is 54.6 cm³/mol. The summed E-state index contributed by atoms with van der Waals surface area (Å²) in [4.78, 5) is 0. The molecule has 0 fully saturated rings. The van der Waals surface area contributed by atoms with E-state index in [9.17, 15) is 0 Å². The molecule has 0 aromatic rings. The molecule has 0 amide bonds. The standard InChI is InChI=1S/C8H16S2/c1-7(2)5-9-10-6-8(3)4/h8H,1,5-6H2,2-4H3. The molecule has 60 valence electrons. The molecule has 0 heterocycles. The van der Waals surface area contributed by atoms with Gasteiger partial charge >= 0.3 is 0 Å². The van der Waals surface area contributed by atoms with Crippen LogP contribution in [-0.2, 0) is 0 Å². The SMILES string of the molecule is C=C(C)CSSCC(C)C. The first kappa shape index (κ1) is 10.4. The van der Waals surface area contributed by atoms with Crippen molar-refractivity contribution in [2.45, 2.75) is 20.8 Å². The van der Waals surface area contributed by atoms with Crippen molar-refractivity contribution >= 4 is 21.6 Å². The van der Waals surface area contributed by atoms with Crippen molar-refractivity contribution in [1.82, 2.24) is 0 Å². The summed E-state index contributed by atoms with van der Waals surface area (Å²) in [5.74, 6) is 3.15. The van der Waals surface area contributed by atoms with Gasteiger partial charge in [0.05, 0.1) is 0 Å². The van der Waals surface area contributed by atoms with E-state index >= 15 is 0 Å². The van der Waals surface area contributed by atoms with Gasteiger partial charge in [0.25, 0.3) is 0 Å². The summed E-state index contributed by atoms with van der Waals surface area (Å²) in [5, 5.41) is 0. The van der Waals surface area contributed by atoms with E-state index in [1.165, 1.54) is 11.3 Å². The Kier molecular flexibility index (Phi) is 6.44. The Hall–Kier alpha value is 0.440. The minimum atomic E-state index is 0.808. The topological polar surface area (TPSA) is 0 Å². The largest absolute Gasteiger partial charge is 0.0993 e. The maximum atomic E-state index is 3.84. The Labute approximate surface area is 72.3 Å². The molecular formula is C8H16S2. The van der Waals surface area contributed by atoms with Gasteiger partial charge in [0.1, 0.15) is 0 Å². The van der Waals surface area contributed by atoms with Crippen molar-refractivity contribution in [2.75, 3.05) is 11.5 Å². The molecule has 0 nitrogen and oxygen atoms in total. The molecule has 0 N–H and O–H groups in total. The normalized spacial score (nSPS) is 10.4. The van der Waals surface area contributed by atoms with E-state index in [0.717, 1.165) is 11.7 Å². The predicted octanol–water partition coefficient (Wildman–Crippen LogP) is 3.60. The number of hydrogen-bond acceptors (Lipinski definition) is 2. The first-order valence-corrected chi connectivity index (χ1v) is 6.00. The summed E-state index contributed by atoms with van der Waals surface area (Å²) in [6, 6.07) is 0. The van der Waals surface area contributed by atoms with Crippen molar-refractivity contribution in [1.29, 1.82) is 0 Å². The van der Waals surface area contributed by atoms with Gasteiger partial charge in [0, 0.05) is 11.5 Å². The van der Waals surface area contributed by atoms with Crippen molar-refractivity contribution < 1.29 is 0 Å². The highest BCUT2D eigenvalue weighted by Crippen LogP contribution is 2.24. The van der Waals surface area contributed by atoms with Crippen LogP contribution in [0, 0.1) is 5.92 Å². The molecule has 10 heavy (non-hydrogen) atoms. The van der Waals surface area contributed by atoms with E-state index in [1.807, 2.05) is 21.6 Å². The van der Waals surface area contributed by atoms with Crippen LogP contribution in [0.5, 0.6) is 0 Å². The minimum Gasteiger partial charge on any atom is -0.0993 e. The van der Waals surface area contributed by atoms with E-state index in [-0.39, 0.29) is 0 Å². The van der Waals surface area contributed by atoms with Gasteiger partial charge < -0.3 is 0 Å². The molecule has 0 aliphatic heterocycles. The summed E-state index contributed by atoms with van der Waals surface area (Å²) in [6.07, 6.45) is 0. The van der Waals surface area contributed by atoms with Gasteiger partial charge in [-0.1, -0.05) is 47.6 Å². The van der Waals surface area contributed by atoms with Crippen molar-refractivity contribution in [2.24, 2.45) is 5.92 Å². The highest BCUT2D eigenvalue weighted by Gasteiger charge is 1.94. The molecule has 0 unspecified atom stereocenters. The molecule has 0 saturated carbocycles. The molecule has 0 saturated heterocycles. The lowest BCUT2D eigenvalue weighted by Gasteiger charge is -2.02. The van der Waals surface area contributed by atoms with Gasteiger partial charge in [-0.2, -0.15) is 0 Å². The number of hydrogen-bond donors (Lipinski definition) is 0. The second kappa shape index (κ2) is 6.17. The van der Waals surface area contributed by atoms with Crippen LogP contribution < -0.4 is 0 Å². The maximum absolute atomic E-state index is 3.84. The van der Waals surface area contributed by atoms with Crippen LogP contribution in [0.3, 0.4) is 0 Å². The molecule has 0 atom stereocenters. The van der Waals surface area contributed by atoms with Crippen LogP contribution in [0.2, 0.25) is 0 Å². The second-order valence-corrected chi connectivity index (χ2v) is 5.41. The zero-order valence-electron chi connectivity index (χ0n) is 7.02. The molecule has 0 rings (SSSR count). The summed E-state index contributed by atoms with van der Waals surface area (Å²) in [7, 11) is 3.85. The summed E-state index contributed by atoms with van der Waals surface area (Å²) in [5.41, 5.74) is 1.27. The molecule has 0 spiro atoms. The quantitative estimate of drug-likeness (QED) is 0.356.